The van der Waals surface area contributed by atoms with Crippen molar-refractivity contribution in [1.82, 2.24) is 4.98 Å². The molecular formula is C15H12N2O3. The lowest BCUT2D eigenvalue weighted by Crippen LogP contribution is -1.88. The number of fused-ring (bicyclic) bond motifs is 1. The van der Waals surface area contributed by atoms with Crippen LogP contribution in [0.4, 0.5) is 5.69 Å². The molecule has 3 aromatic rings. The smallest absolute Gasteiger partial charge is 0.272 e. The maximum Gasteiger partial charge on any atom is 0.272 e. The Balaban J connectivity index is 2.20. The zero-order valence-corrected chi connectivity index (χ0v) is 11.1. The second-order valence-electron chi connectivity index (χ2n) is 4.76. The van der Waals surface area contributed by atoms with Crippen molar-refractivity contribution < 1.29 is 9.34 Å². The molecule has 1 heterocycles. The zero-order chi connectivity index (χ0) is 14.3. The maximum atomic E-state index is 10.9. The van der Waals surface area contributed by atoms with Crippen LogP contribution in [-0.2, 0) is 0 Å². The van der Waals surface area contributed by atoms with E-state index in [-0.39, 0.29) is 5.69 Å². The van der Waals surface area contributed by atoms with Crippen LogP contribution in [0.5, 0.6) is 0 Å². The highest BCUT2D eigenvalue weighted by atomic mass is 16.6. The van der Waals surface area contributed by atoms with Crippen LogP contribution in [0, 0.1) is 24.0 Å². The van der Waals surface area contributed by atoms with Gasteiger partial charge < -0.3 is 4.42 Å². The predicted octanol–water partition coefficient (Wildman–Crippen LogP) is 4.02. The summed E-state index contributed by atoms with van der Waals surface area (Å²) in [6.07, 6.45) is 0. The summed E-state index contributed by atoms with van der Waals surface area (Å²) in [4.78, 5) is 14.8. The van der Waals surface area contributed by atoms with E-state index in [2.05, 4.69) is 4.98 Å². The molecule has 0 radical (unpaired) electrons. The third kappa shape index (κ3) is 2.03. The molecule has 0 fully saturated rings. The number of nitrogens with zero attached hydrogens (tertiary/aromatic N) is 2. The highest BCUT2D eigenvalue weighted by molar-refractivity contribution is 5.81. The monoisotopic (exact) mass is 268 g/mol. The van der Waals surface area contributed by atoms with E-state index >= 15 is 0 Å². The predicted molar refractivity (Wildman–Crippen MR) is 75.6 cm³/mol. The third-order valence-electron chi connectivity index (χ3n) is 3.14. The number of nitro groups is 1. The molecule has 0 saturated carbocycles. The highest BCUT2D eigenvalue weighted by Gasteiger charge is 2.15. The topological polar surface area (TPSA) is 69.2 Å². The Kier molecular flexibility index (Phi) is 2.75. The van der Waals surface area contributed by atoms with Gasteiger partial charge in [-0.15, -0.1) is 0 Å². The molecule has 20 heavy (non-hydrogen) atoms. The van der Waals surface area contributed by atoms with Gasteiger partial charge >= 0.3 is 0 Å². The van der Waals surface area contributed by atoms with Crippen molar-refractivity contribution in [3.05, 3.63) is 57.6 Å². The molecule has 0 N–H and O–H groups in total. The molecule has 0 amide bonds. The Morgan fingerprint density at radius 3 is 2.70 bits per heavy atom. The van der Waals surface area contributed by atoms with Gasteiger partial charge in [-0.05, 0) is 26.0 Å². The van der Waals surface area contributed by atoms with Crippen molar-refractivity contribution in [1.29, 1.82) is 0 Å². The molecule has 5 heteroatoms. The molecule has 0 aliphatic rings. The van der Waals surface area contributed by atoms with Crippen LogP contribution in [-0.4, -0.2) is 9.91 Å². The average Bonchev–Trinajstić information content (AvgIpc) is 2.83. The lowest BCUT2D eigenvalue weighted by Gasteiger charge is -1.96. The van der Waals surface area contributed by atoms with E-state index in [1.54, 1.807) is 6.92 Å². The number of nitro benzene ring substituents is 1. The van der Waals surface area contributed by atoms with Gasteiger partial charge in [0.1, 0.15) is 5.52 Å². The van der Waals surface area contributed by atoms with Gasteiger partial charge in [0.15, 0.2) is 5.58 Å². The van der Waals surface area contributed by atoms with E-state index in [0.29, 0.717) is 22.6 Å². The number of hydrogen-bond donors (Lipinski definition) is 0. The second-order valence-corrected chi connectivity index (χ2v) is 4.76. The molecule has 5 nitrogen and oxygen atoms in total. The van der Waals surface area contributed by atoms with Gasteiger partial charge in [0.25, 0.3) is 5.69 Å². The van der Waals surface area contributed by atoms with Crippen LogP contribution >= 0.6 is 0 Å². The van der Waals surface area contributed by atoms with E-state index in [0.717, 1.165) is 11.1 Å². The summed E-state index contributed by atoms with van der Waals surface area (Å²) in [5.41, 5.74) is 3.80. The van der Waals surface area contributed by atoms with Crippen molar-refractivity contribution in [2.45, 2.75) is 13.8 Å². The quantitative estimate of drug-likeness (QED) is 0.520. The van der Waals surface area contributed by atoms with E-state index in [1.807, 2.05) is 31.2 Å². The summed E-state index contributed by atoms with van der Waals surface area (Å²) in [6, 6.07) is 10.7. The van der Waals surface area contributed by atoms with Gasteiger partial charge in [0.2, 0.25) is 5.89 Å². The maximum absolute atomic E-state index is 10.9. The summed E-state index contributed by atoms with van der Waals surface area (Å²) >= 11 is 0. The molecule has 100 valence electrons. The number of aromatic nitrogens is 1. The standard InChI is InChI=1S/C15H12N2O3/c1-9-4-3-5-11(6-9)15-16-13-8-12(17(18)19)7-10(2)14(13)20-15/h3-8H,1-2H3. The number of hydrogen-bond acceptors (Lipinski definition) is 4. The van der Waals surface area contributed by atoms with Gasteiger partial charge in [-0.3, -0.25) is 10.1 Å². The molecule has 0 atom stereocenters. The summed E-state index contributed by atoms with van der Waals surface area (Å²) in [6.45, 7) is 3.77. The van der Waals surface area contributed by atoms with Crippen molar-refractivity contribution in [2.75, 3.05) is 0 Å². The first-order valence-corrected chi connectivity index (χ1v) is 6.17. The first-order valence-electron chi connectivity index (χ1n) is 6.17. The van der Waals surface area contributed by atoms with Gasteiger partial charge in [-0.1, -0.05) is 17.7 Å². The fourth-order valence-electron chi connectivity index (χ4n) is 2.19. The van der Waals surface area contributed by atoms with E-state index < -0.39 is 4.92 Å². The summed E-state index contributed by atoms with van der Waals surface area (Å²) in [5.74, 6) is 0.479. The lowest BCUT2D eigenvalue weighted by molar-refractivity contribution is -0.384. The van der Waals surface area contributed by atoms with Crippen LogP contribution < -0.4 is 0 Å². The van der Waals surface area contributed by atoms with Gasteiger partial charge in [0.05, 0.1) is 4.92 Å². The van der Waals surface area contributed by atoms with Crippen molar-refractivity contribution in [2.24, 2.45) is 0 Å². The molecular weight excluding hydrogens is 256 g/mol. The van der Waals surface area contributed by atoms with Crippen LogP contribution in [0.2, 0.25) is 0 Å². The fraction of sp³-hybridized carbons (Fsp3) is 0.133. The third-order valence-corrected chi connectivity index (χ3v) is 3.14. The Bertz CT molecular complexity index is 821. The number of oxazole rings is 1. The summed E-state index contributed by atoms with van der Waals surface area (Å²) < 4.78 is 5.74. The average molecular weight is 268 g/mol. The zero-order valence-electron chi connectivity index (χ0n) is 11.1. The second kappa shape index (κ2) is 4.45. The Hall–Kier alpha value is -2.69. The molecule has 0 bridgehead atoms. The Labute approximate surface area is 115 Å². The first kappa shape index (κ1) is 12.3. The summed E-state index contributed by atoms with van der Waals surface area (Å²) in [7, 11) is 0. The molecule has 0 saturated heterocycles. The van der Waals surface area contributed by atoms with E-state index in [4.69, 9.17) is 4.42 Å². The molecule has 0 aliphatic carbocycles. The number of non-ortho nitro benzene ring substituents is 1. The van der Waals surface area contributed by atoms with E-state index in [1.165, 1.54) is 12.1 Å². The molecule has 0 aliphatic heterocycles. The molecule has 2 aromatic carbocycles. The highest BCUT2D eigenvalue weighted by Crippen LogP contribution is 2.29. The minimum atomic E-state index is -0.423. The number of benzene rings is 2. The van der Waals surface area contributed by atoms with Crippen molar-refractivity contribution >= 4 is 16.8 Å². The largest absolute Gasteiger partial charge is 0.436 e. The van der Waals surface area contributed by atoms with Crippen LogP contribution in [0.1, 0.15) is 11.1 Å². The van der Waals surface area contributed by atoms with Crippen molar-refractivity contribution in [3.63, 3.8) is 0 Å². The molecule has 3 rings (SSSR count). The number of rotatable bonds is 2. The van der Waals surface area contributed by atoms with Crippen LogP contribution in [0.3, 0.4) is 0 Å². The minimum absolute atomic E-state index is 0.0269. The number of aryl methyl sites for hydroxylation is 2. The summed E-state index contributed by atoms with van der Waals surface area (Å²) in [5, 5.41) is 10.9. The Morgan fingerprint density at radius 1 is 1.20 bits per heavy atom. The van der Waals surface area contributed by atoms with Gasteiger partial charge in [-0.2, -0.15) is 0 Å². The normalized spacial score (nSPS) is 10.9. The van der Waals surface area contributed by atoms with Gasteiger partial charge in [-0.25, -0.2) is 4.98 Å². The van der Waals surface area contributed by atoms with E-state index in [9.17, 15) is 10.1 Å². The molecule has 1 aromatic heterocycles. The lowest BCUT2D eigenvalue weighted by atomic mass is 10.1. The Morgan fingerprint density at radius 2 is 2.00 bits per heavy atom. The minimum Gasteiger partial charge on any atom is -0.436 e. The molecule has 0 spiro atoms. The molecule has 0 unspecified atom stereocenters. The van der Waals surface area contributed by atoms with Crippen molar-refractivity contribution in [3.8, 4) is 11.5 Å². The SMILES string of the molecule is Cc1cccc(-c2nc3cc([N+](=O)[O-])cc(C)c3o2)c1. The van der Waals surface area contributed by atoms with Gasteiger partial charge in [0, 0.05) is 23.3 Å². The van der Waals surface area contributed by atoms with Crippen LogP contribution in [0.25, 0.3) is 22.6 Å². The van der Waals surface area contributed by atoms with Crippen LogP contribution in [0.15, 0.2) is 40.8 Å². The fourth-order valence-corrected chi connectivity index (χ4v) is 2.19. The first-order chi connectivity index (χ1) is 9.54.